The summed E-state index contributed by atoms with van der Waals surface area (Å²) in [4.78, 5) is 29.2. The van der Waals surface area contributed by atoms with E-state index in [9.17, 15) is 22.4 Å². The largest absolute Gasteiger partial charge is 0.486 e. The van der Waals surface area contributed by atoms with E-state index in [0.717, 1.165) is 22.0 Å². The Morgan fingerprint density at radius 1 is 0.891 bits per heavy atom. The minimum Gasteiger partial charge on any atom is -0.486 e. The first-order valence-corrected chi connectivity index (χ1v) is 16.5. The number of anilines is 1. The number of sulfonamides is 1. The smallest absolute Gasteiger partial charge is 0.264 e. The fourth-order valence-corrected chi connectivity index (χ4v) is 6.64. The number of ether oxygens (including phenoxy) is 2. The Morgan fingerprint density at radius 3 is 2.24 bits per heavy atom. The Hall–Kier alpha value is -4.61. The predicted octanol–water partition coefficient (Wildman–Crippen LogP) is 5.22. The lowest BCUT2D eigenvalue weighted by Crippen LogP contribution is -2.53. The molecule has 0 fully saturated rings. The Morgan fingerprint density at radius 2 is 1.57 bits per heavy atom. The second kappa shape index (κ2) is 14.7. The van der Waals surface area contributed by atoms with Crippen LogP contribution >= 0.6 is 11.6 Å². The van der Waals surface area contributed by atoms with E-state index in [4.69, 9.17) is 21.1 Å². The molecule has 1 heterocycles. The summed E-state index contributed by atoms with van der Waals surface area (Å²) < 4.78 is 54.5. The normalized spacial score (nSPS) is 13.0. The highest BCUT2D eigenvalue weighted by atomic mass is 35.5. The van der Waals surface area contributed by atoms with Crippen molar-refractivity contribution >= 4 is 39.1 Å². The quantitative estimate of drug-likeness (QED) is 0.223. The SMILES string of the molecule is CCNC(=O)[C@@H](Cc1ccccc1)N(Cc1ccc(Cl)cc1)C(=O)CN(c1ccc(F)cc1)S(=O)(=O)c1ccc2c(c1)OCCO2. The lowest BCUT2D eigenvalue weighted by atomic mass is 10.0. The van der Waals surface area contributed by atoms with E-state index >= 15 is 0 Å². The molecule has 4 aromatic carbocycles. The van der Waals surface area contributed by atoms with Gasteiger partial charge in [0.1, 0.15) is 31.6 Å². The highest BCUT2D eigenvalue weighted by molar-refractivity contribution is 7.92. The summed E-state index contributed by atoms with van der Waals surface area (Å²) in [5, 5.41) is 3.32. The third-order valence-electron chi connectivity index (χ3n) is 7.38. The number of rotatable bonds is 12. The third kappa shape index (κ3) is 7.78. The van der Waals surface area contributed by atoms with E-state index in [0.29, 0.717) is 29.5 Å². The molecule has 9 nitrogen and oxygen atoms in total. The van der Waals surface area contributed by atoms with Gasteiger partial charge in [-0.25, -0.2) is 12.8 Å². The summed E-state index contributed by atoms with van der Waals surface area (Å²) in [6.07, 6.45) is 0.178. The fraction of sp³-hybridized carbons (Fsp3) is 0.235. The van der Waals surface area contributed by atoms with Gasteiger partial charge >= 0.3 is 0 Å². The summed E-state index contributed by atoms with van der Waals surface area (Å²) in [5.74, 6) is -0.963. The molecule has 0 bridgehead atoms. The molecule has 1 aliphatic heterocycles. The number of likely N-dealkylation sites (N-methyl/N-ethyl adjacent to an activating group) is 1. The third-order valence-corrected chi connectivity index (χ3v) is 9.41. The van der Waals surface area contributed by atoms with Gasteiger partial charge in [0.2, 0.25) is 11.8 Å². The van der Waals surface area contributed by atoms with Gasteiger partial charge in [0, 0.05) is 30.6 Å². The van der Waals surface area contributed by atoms with Gasteiger partial charge in [-0.05, 0) is 66.6 Å². The molecular weight excluding hydrogens is 633 g/mol. The van der Waals surface area contributed by atoms with E-state index in [1.54, 1.807) is 31.2 Å². The second-order valence-electron chi connectivity index (χ2n) is 10.5. The van der Waals surface area contributed by atoms with Crippen LogP contribution in [0.1, 0.15) is 18.1 Å². The van der Waals surface area contributed by atoms with Crippen LogP contribution in [0.2, 0.25) is 5.02 Å². The molecule has 240 valence electrons. The molecule has 5 rings (SSSR count). The number of carbonyl (C=O) groups excluding carboxylic acids is 2. The molecule has 1 N–H and O–H groups in total. The number of nitrogens with one attached hydrogen (secondary N) is 1. The van der Waals surface area contributed by atoms with E-state index in [1.165, 1.54) is 35.2 Å². The van der Waals surface area contributed by atoms with Crippen molar-refractivity contribution in [2.45, 2.75) is 30.8 Å². The molecule has 0 aromatic heterocycles. The Labute approximate surface area is 272 Å². The van der Waals surface area contributed by atoms with Crippen LogP contribution in [-0.4, -0.2) is 57.5 Å². The molecule has 1 atom stereocenters. The van der Waals surface area contributed by atoms with Crippen molar-refractivity contribution in [1.82, 2.24) is 10.2 Å². The minimum atomic E-state index is -4.41. The van der Waals surface area contributed by atoms with E-state index < -0.39 is 40.2 Å². The molecule has 4 aromatic rings. The van der Waals surface area contributed by atoms with Crippen molar-refractivity contribution in [3.63, 3.8) is 0 Å². The molecule has 0 unspecified atom stereocenters. The number of benzene rings is 4. The van der Waals surface area contributed by atoms with Gasteiger partial charge in [-0.3, -0.25) is 13.9 Å². The van der Waals surface area contributed by atoms with Crippen LogP contribution in [-0.2, 0) is 32.6 Å². The van der Waals surface area contributed by atoms with Gasteiger partial charge < -0.3 is 19.7 Å². The molecule has 0 saturated carbocycles. The van der Waals surface area contributed by atoms with Crippen LogP contribution < -0.4 is 19.1 Å². The zero-order valence-electron chi connectivity index (χ0n) is 25.1. The van der Waals surface area contributed by atoms with Gasteiger partial charge in [-0.1, -0.05) is 54.1 Å². The number of nitrogens with zero attached hydrogens (tertiary/aromatic N) is 2. The Bertz CT molecular complexity index is 1770. The molecule has 0 aliphatic carbocycles. The van der Waals surface area contributed by atoms with Crippen molar-refractivity contribution in [3.05, 3.63) is 119 Å². The maximum Gasteiger partial charge on any atom is 0.264 e. The Balaban J connectivity index is 1.56. The molecule has 0 saturated heterocycles. The summed E-state index contributed by atoms with van der Waals surface area (Å²) >= 11 is 6.11. The summed E-state index contributed by atoms with van der Waals surface area (Å²) in [6, 6.07) is 24.1. The van der Waals surface area contributed by atoms with Crippen molar-refractivity contribution in [2.75, 3.05) is 30.6 Å². The standard InChI is InChI=1S/C34H33ClFN3O6S/c1-2-37-34(41)30(20-24-6-4-3-5-7-24)38(22-25-8-10-26(35)11-9-25)33(40)23-39(28-14-12-27(36)13-15-28)46(42,43)29-16-17-31-32(21-29)45-19-18-44-31/h3-17,21,30H,2,18-20,22-23H2,1H3,(H,37,41)/t30-/m1/s1. The average molecular weight is 666 g/mol. The van der Waals surface area contributed by atoms with Crippen LogP contribution in [0.3, 0.4) is 0 Å². The van der Waals surface area contributed by atoms with Gasteiger partial charge in [-0.2, -0.15) is 0 Å². The van der Waals surface area contributed by atoms with Crippen molar-refractivity contribution in [2.24, 2.45) is 0 Å². The lowest BCUT2D eigenvalue weighted by Gasteiger charge is -2.34. The van der Waals surface area contributed by atoms with Crippen LogP contribution in [0.15, 0.2) is 102 Å². The Kier molecular flexibility index (Phi) is 10.4. The maximum atomic E-state index is 14.4. The number of hydrogen-bond donors (Lipinski definition) is 1. The maximum absolute atomic E-state index is 14.4. The zero-order valence-corrected chi connectivity index (χ0v) is 26.6. The zero-order chi connectivity index (χ0) is 32.7. The van der Waals surface area contributed by atoms with Gasteiger partial charge in [0.25, 0.3) is 10.0 Å². The number of amides is 2. The molecule has 0 radical (unpaired) electrons. The number of hydrogen-bond acceptors (Lipinski definition) is 6. The molecule has 46 heavy (non-hydrogen) atoms. The summed E-state index contributed by atoms with van der Waals surface area (Å²) in [6.45, 7) is 1.99. The van der Waals surface area contributed by atoms with Crippen LogP contribution in [0.25, 0.3) is 0 Å². The van der Waals surface area contributed by atoms with Crippen molar-refractivity contribution < 1.29 is 31.9 Å². The van der Waals surface area contributed by atoms with E-state index in [1.807, 2.05) is 30.3 Å². The van der Waals surface area contributed by atoms with Crippen molar-refractivity contribution in [1.29, 1.82) is 0 Å². The van der Waals surface area contributed by atoms with Gasteiger partial charge in [-0.15, -0.1) is 0 Å². The van der Waals surface area contributed by atoms with Crippen LogP contribution in [0.5, 0.6) is 11.5 Å². The number of fused-ring (bicyclic) bond motifs is 1. The molecule has 2 amide bonds. The average Bonchev–Trinajstić information content (AvgIpc) is 3.06. The van der Waals surface area contributed by atoms with Gasteiger partial charge in [0.15, 0.2) is 11.5 Å². The first-order valence-electron chi connectivity index (χ1n) is 14.7. The summed E-state index contributed by atoms with van der Waals surface area (Å²) in [7, 11) is -4.41. The van der Waals surface area contributed by atoms with Crippen molar-refractivity contribution in [3.8, 4) is 11.5 Å². The molecular formula is C34H33ClFN3O6S. The highest BCUT2D eigenvalue weighted by Crippen LogP contribution is 2.34. The first-order chi connectivity index (χ1) is 22.2. The second-order valence-corrected chi connectivity index (χ2v) is 12.8. The molecule has 0 spiro atoms. The molecule has 12 heteroatoms. The number of halogens is 2. The topological polar surface area (TPSA) is 105 Å². The van der Waals surface area contributed by atoms with Crippen LogP contribution in [0, 0.1) is 5.82 Å². The van der Waals surface area contributed by atoms with E-state index in [-0.39, 0.29) is 35.9 Å². The highest BCUT2D eigenvalue weighted by Gasteiger charge is 2.35. The van der Waals surface area contributed by atoms with Gasteiger partial charge in [0.05, 0.1) is 10.6 Å². The van der Waals surface area contributed by atoms with Crippen LogP contribution in [0.4, 0.5) is 10.1 Å². The fourth-order valence-electron chi connectivity index (χ4n) is 5.08. The minimum absolute atomic E-state index is 0.00797. The first kappa shape index (κ1) is 32.8. The lowest BCUT2D eigenvalue weighted by molar-refractivity contribution is -0.140. The monoisotopic (exact) mass is 665 g/mol. The van der Waals surface area contributed by atoms with E-state index in [2.05, 4.69) is 5.32 Å². The summed E-state index contributed by atoms with van der Waals surface area (Å²) in [5.41, 5.74) is 1.56. The molecule has 1 aliphatic rings. The predicted molar refractivity (Wildman–Crippen MR) is 173 cm³/mol. The number of carbonyl (C=O) groups is 2.